The molecule has 6 rings (SSSR count). The maximum atomic E-state index is 14.1. The molecule has 2 N–H and O–H groups in total. The lowest BCUT2D eigenvalue weighted by molar-refractivity contribution is 0.415. The predicted octanol–water partition coefficient (Wildman–Crippen LogP) is 5.25. The standard InChI is InChI=1S/C28H25N7O2/c1-37-21-14-12-19(13-15-21)23-25(33-28-30-16-29-17-31-28)32-26-22(18-8-4-2-5-9-18)24(34-35(26)27(23)36)20-10-6-3-7-11-20/h3,6-8,10-17,34H,2,4-5,9H2,1H3,(H,29,30,31,33). The summed E-state index contributed by atoms with van der Waals surface area (Å²) in [7, 11) is 1.61. The zero-order valence-electron chi connectivity index (χ0n) is 20.3. The number of anilines is 2. The van der Waals surface area contributed by atoms with Gasteiger partial charge >= 0.3 is 0 Å². The summed E-state index contributed by atoms with van der Waals surface area (Å²) in [6.45, 7) is 0. The van der Waals surface area contributed by atoms with E-state index >= 15 is 0 Å². The highest BCUT2D eigenvalue weighted by atomic mass is 16.5. The highest BCUT2D eigenvalue weighted by molar-refractivity contribution is 5.89. The Hall–Kier alpha value is -4.79. The second-order valence-corrected chi connectivity index (χ2v) is 8.82. The van der Waals surface area contributed by atoms with Gasteiger partial charge in [0.2, 0.25) is 5.95 Å². The number of allylic oxidation sites excluding steroid dienone is 2. The number of ether oxygens (including phenoxy) is 1. The highest BCUT2D eigenvalue weighted by Crippen LogP contribution is 2.37. The van der Waals surface area contributed by atoms with Gasteiger partial charge in [0, 0.05) is 11.1 Å². The number of fused-ring (bicyclic) bond motifs is 1. The molecule has 3 aromatic heterocycles. The molecule has 0 saturated carbocycles. The molecule has 0 saturated heterocycles. The number of aromatic amines is 1. The number of benzene rings is 2. The first-order valence-electron chi connectivity index (χ1n) is 12.2. The molecule has 0 unspecified atom stereocenters. The van der Waals surface area contributed by atoms with Crippen LogP contribution in [0.25, 0.3) is 33.6 Å². The molecule has 184 valence electrons. The minimum Gasteiger partial charge on any atom is -0.497 e. The molecule has 1 aliphatic rings. The Kier molecular flexibility index (Phi) is 5.94. The molecule has 0 amide bonds. The lowest BCUT2D eigenvalue weighted by Gasteiger charge is -2.14. The van der Waals surface area contributed by atoms with Crippen molar-refractivity contribution in [2.24, 2.45) is 0 Å². The van der Waals surface area contributed by atoms with E-state index in [1.165, 1.54) is 18.2 Å². The van der Waals surface area contributed by atoms with Crippen molar-refractivity contribution in [1.29, 1.82) is 0 Å². The number of hydrogen-bond donors (Lipinski definition) is 2. The van der Waals surface area contributed by atoms with Crippen molar-refractivity contribution in [3.05, 3.63) is 89.2 Å². The molecule has 37 heavy (non-hydrogen) atoms. The van der Waals surface area contributed by atoms with Crippen LogP contribution in [0.4, 0.5) is 11.8 Å². The fourth-order valence-electron chi connectivity index (χ4n) is 4.77. The quantitative estimate of drug-likeness (QED) is 0.334. The van der Waals surface area contributed by atoms with Crippen LogP contribution < -0.4 is 15.6 Å². The first-order chi connectivity index (χ1) is 18.2. The number of nitrogens with one attached hydrogen (secondary N) is 2. The molecule has 0 fully saturated rings. The van der Waals surface area contributed by atoms with Gasteiger partial charge in [0.15, 0.2) is 5.65 Å². The summed E-state index contributed by atoms with van der Waals surface area (Å²) < 4.78 is 6.86. The Morgan fingerprint density at radius 1 is 0.946 bits per heavy atom. The Morgan fingerprint density at radius 3 is 2.43 bits per heavy atom. The Labute approximate surface area is 212 Å². The van der Waals surface area contributed by atoms with Crippen molar-refractivity contribution < 1.29 is 4.74 Å². The van der Waals surface area contributed by atoms with Crippen LogP contribution in [-0.4, -0.2) is 36.7 Å². The van der Waals surface area contributed by atoms with Crippen molar-refractivity contribution in [3.63, 3.8) is 0 Å². The van der Waals surface area contributed by atoms with E-state index in [0.717, 1.165) is 42.5 Å². The zero-order valence-corrected chi connectivity index (χ0v) is 20.3. The minimum absolute atomic E-state index is 0.230. The first kappa shape index (κ1) is 22.7. The third-order valence-corrected chi connectivity index (χ3v) is 6.56. The third-order valence-electron chi connectivity index (χ3n) is 6.56. The Morgan fingerprint density at radius 2 is 1.73 bits per heavy atom. The molecule has 1 aliphatic carbocycles. The summed E-state index contributed by atoms with van der Waals surface area (Å²) in [6, 6.07) is 17.4. The maximum Gasteiger partial charge on any atom is 0.282 e. The molecule has 9 heteroatoms. The molecular formula is C28H25N7O2. The van der Waals surface area contributed by atoms with Crippen LogP contribution in [0.5, 0.6) is 5.75 Å². The van der Waals surface area contributed by atoms with Crippen molar-refractivity contribution >= 4 is 23.0 Å². The molecule has 0 radical (unpaired) electrons. The zero-order chi connectivity index (χ0) is 25.2. The van der Waals surface area contributed by atoms with Gasteiger partial charge in [-0.1, -0.05) is 48.5 Å². The van der Waals surface area contributed by atoms with Crippen molar-refractivity contribution in [3.8, 4) is 28.1 Å². The van der Waals surface area contributed by atoms with E-state index in [4.69, 9.17) is 9.72 Å². The van der Waals surface area contributed by atoms with Crippen molar-refractivity contribution in [2.75, 3.05) is 12.4 Å². The lowest BCUT2D eigenvalue weighted by atomic mass is 9.92. The van der Waals surface area contributed by atoms with Gasteiger partial charge in [-0.2, -0.15) is 4.52 Å². The van der Waals surface area contributed by atoms with Gasteiger partial charge in [0.05, 0.1) is 18.4 Å². The summed E-state index contributed by atoms with van der Waals surface area (Å²) >= 11 is 0. The molecule has 0 bridgehead atoms. The van der Waals surface area contributed by atoms with Gasteiger partial charge in [0.1, 0.15) is 24.2 Å². The molecule has 0 aliphatic heterocycles. The lowest BCUT2D eigenvalue weighted by Crippen LogP contribution is -2.20. The van der Waals surface area contributed by atoms with Gasteiger partial charge in [-0.3, -0.25) is 9.89 Å². The molecule has 0 spiro atoms. The Balaban J connectivity index is 1.65. The summed E-state index contributed by atoms with van der Waals surface area (Å²) in [6.07, 6.45) is 9.26. The fraction of sp³-hybridized carbons (Fsp3) is 0.179. The Bertz CT molecular complexity index is 1640. The molecule has 5 aromatic rings. The molecule has 0 atom stereocenters. The topological polar surface area (TPSA) is 110 Å². The van der Waals surface area contributed by atoms with Gasteiger partial charge < -0.3 is 10.1 Å². The SMILES string of the molecule is COc1ccc(-c2c(Nc3ncncn3)nc3c(C4=CCCCC4)c(-c4ccccc4)[nH]n3c2=O)cc1. The summed E-state index contributed by atoms with van der Waals surface area (Å²) in [5.74, 6) is 1.37. The average molecular weight is 492 g/mol. The molecular weight excluding hydrogens is 466 g/mol. The first-order valence-corrected chi connectivity index (χ1v) is 12.2. The van der Waals surface area contributed by atoms with E-state index in [2.05, 4.69) is 31.4 Å². The van der Waals surface area contributed by atoms with E-state index < -0.39 is 0 Å². The number of nitrogens with zero attached hydrogens (tertiary/aromatic N) is 5. The van der Waals surface area contributed by atoms with E-state index in [0.29, 0.717) is 34.3 Å². The smallest absolute Gasteiger partial charge is 0.282 e. The number of H-pyrrole nitrogens is 1. The summed E-state index contributed by atoms with van der Waals surface area (Å²) in [5, 5.41) is 6.54. The second-order valence-electron chi connectivity index (χ2n) is 8.82. The second kappa shape index (κ2) is 9.69. The van der Waals surface area contributed by atoms with Crippen LogP contribution in [-0.2, 0) is 0 Å². The van der Waals surface area contributed by atoms with E-state index in [-0.39, 0.29) is 5.56 Å². The van der Waals surface area contributed by atoms with Gasteiger partial charge in [-0.25, -0.2) is 19.9 Å². The number of aromatic nitrogens is 6. The van der Waals surface area contributed by atoms with Crippen molar-refractivity contribution in [2.45, 2.75) is 25.7 Å². The summed E-state index contributed by atoms with van der Waals surface area (Å²) in [5.41, 5.74) is 5.42. The normalized spacial score (nSPS) is 13.4. The van der Waals surface area contributed by atoms with E-state index in [9.17, 15) is 4.79 Å². The number of hydrogen-bond acceptors (Lipinski definition) is 7. The van der Waals surface area contributed by atoms with Crippen LogP contribution in [0.1, 0.15) is 31.2 Å². The largest absolute Gasteiger partial charge is 0.497 e. The third kappa shape index (κ3) is 4.24. The van der Waals surface area contributed by atoms with Gasteiger partial charge in [0.25, 0.3) is 5.56 Å². The molecule has 3 heterocycles. The average Bonchev–Trinajstić information content (AvgIpc) is 3.35. The molecule has 2 aromatic carbocycles. The monoisotopic (exact) mass is 491 g/mol. The fourth-order valence-corrected chi connectivity index (χ4v) is 4.77. The van der Waals surface area contributed by atoms with Crippen molar-refractivity contribution in [1.82, 2.24) is 29.5 Å². The summed E-state index contributed by atoms with van der Waals surface area (Å²) in [4.78, 5) is 31.4. The van der Waals surface area contributed by atoms with Crippen LogP contribution in [0.15, 0.2) is 78.1 Å². The van der Waals surface area contributed by atoms with E-state index in [1.807, 2.05) is 54.6 Å². The van der Waals surface area contributed by atoms with Crippen LogP contribution in [0.3, 0.4) is 0 Å². The predicted molar refractivity (Wildman–Crippen MR) is 143 cm³/mol. The molecule has 9 nitrogen and oxygen atoms in total. The van der Waals surface area contributed by atoms with E-state index in [1.54, 1.807) is 11.6 Å². The number of methoxy groups -OCH3 is 1. The maximum absolute atomic E-state index is 14.1. The number of rotatable bonds is 6. The van der Waals surface area contributed by atoms with Crippen LogP contribution >= 0.6 is 0 Å². The minimum atomic E-state index is -0.230. The highest BCUT2D eigenvalue weighted by Gasteiger charge is 2.24. The van der Waals surface area contributed by atoms with Gasteiger partial charge in [-0.05, 0) is 49.0 Å². The van der Waals surface area contributed by atoms with Crippen LogP contribution in [0, 0.1) is 0 Å². The van der Waals surface area contributed by atoms with Crippen LogP contribution in [0.2, 0.25) is 0 Å². The van der Waals surface area contributed by atoms with Gasteiger partial charge in [-0.15, -0.1) is 0 Å².